The lowest BCUT2D eigenvalue weighted by atomic mass is 9.98. The van der Waals surface area contributed by atoms with E-state index in [9.17, 15) is 9.90 Å². The molecular formula is C15H21NO2. The van der Waals surface area contributed by atoms with E-state index >= 15 is 0 Å². The van der Waals surface area contributed by atoms with Crippen LogP contribution in [0.2, 0.25) is 0 Å². The van der Waals surface area contributed by atoms with Gasteiger partial charge in [-0.2, -0.15) is 0 Å². The first-order valence-electron chi connectivity index (χ1n) is 6.69. The first-order chi connectivity index (χ1) is 8.56. The minimum absolute atomic E-state index is 0.0405. The van der Waals surface area contributed by atoms with Crippen molar-refractivity contribution in [2.24, 2.45) is 0 Å². The molecule has 1 aromatic carbocycles. The Bertz CT molecular complexity index is 454. The van der Waals surface area contributed by atoms with Gasteiger partial charge in [-0.05, 0) is 24.0 Å². The maximum absolute atomic E-state index is 12.2. The summed E-state index contributed by atoms with van der Waals surface area (Å²) in [6.07, 6.45) is 1.18. The standard InChI is InChI=1S/C15H21NO2/c1-4-5-8-16-14(17)12-7-6-11(10(2)3)9-13(12)15(16)18/h6-7,9-10,15,18H,4-5,8H2,1-3H3. The highest BCUT2D eigenvalue weighted by Gasteiger charge is 2.34. The van der Waals surface area contributed by atoms with E-state index in [1.54, 1.807) is 4.90 Å². The molecule has 3 heteroatoms. The minimum Gasteiger partial charge on any atom is -0.369 e. The smallest absolute Gasteiger partial charge is 0.256 e. The molecule has 2 rings (SSSR count). The fraction of sp³-hybridized carbons (Fsp3) is 0.533. The van der Waals surface area contributed by atoms with Gasteiger partial charge in [-0.15, -0.1) is 0 Å². The monoisotopic (exact) mass is 247 g/mol. The number of fused-ring (bicyclic) bond motifs is 1. The van der Waals surface area contributed by atoms with E-state index in [0.29, 0.717) is 18.0 Å². The quantitative estimate of drug-likeness (QED) is 0.888. The molecule has 3 nitrogen and oxygen atoms in total. The molecule has 1 unspecified atom stereocenters. The summed E-state index contributed by atoms with van der Waals surface area (Å²) in [6.45, 7) is 6.93. The van der Waals surface area contributed by atoms with Gasteiger partial charge in [0.1, 0.15) is 0 Å². The van der Waals surface area contributed by atoms with Crippen LogP contribution in [0.5, 0.6) is 0 Å². The third-order valence-electron chi connectivity index (χ3n) is 3.56. The van der Waals surface area contributed by atoms with Crippen LogP contribution in [0.15, 0.2) is 18.2 Å². The molecule has 0 saturated carbocycles. The summed E-state index contributed by atoms with van der Waals surface area (Å²) in [6, 6.07) is 5.80. The molecule has 0 aromatic heterocycles. The normalized spacial score (nSPS) is 18.6. The lowest BCUT2D eigenvalue weighted by Crippen LogP contribution is -2.28. The molecular weight excluding hydrogens is 226 g/mol. The van der Waals surface area contributed by atoms with Crippen molar-refractivity contribution in [2.75, 3.05) is 6.54 Å². The van der Waals surface area contributed by atoms with Crippen LogP contribution in [-0.2, 0) is 0 Å². The van der Waals surface area contributed by atoms with E-state index in [2.05, 4.69) is 20.8 Å². The Labute approximate surface area is 108 Å². The Balaban J connectivity index is 2.30. The van der Waals surface area contributed by atoms with Gasteiger partial charge < -0.3 is 10.0 Å². The Morgan fingerprint density at radius 2 is 2.11 bits per heavy atom. The molecule has 1 N–H and O–H groups in total. The summed E-state index contributed by atoms with van der Waals surface area (Å²) in [5.41, 5.74) is 2.59. The van der Waals surface area contributed by atoms with E-state index in [4.69, 9.17) is 0 Å². The van der Waals surface area contributed by atoms with Crippen molar-refractivity contribution in [2.45, 2.75) is 45.8 Å². The highest BCUT2D eigenvalue weighted by Crippen LogP contribution is 2.33. The Morgan fingerprint density at radius 1 is 1.39 bits per heavy atom. The average Bonchev–Trinajstić information content (AvgIpc) is 2.59. The van der Waals surface area contributed by atoms with Crippen molar-refractivity contribution in [3.05, 3.63) is 34.9 Å². The van der Waals surface area contributed by atoms with Crippen LogP contribution in [0.3, 0.4) is 0 Å². The fourth-order valence-corrected chi connectivity index (χ4v) is 2.33. The van der Waals surface area contributed by atoms with E-state index in [1.165, 1.54) is 0 Å². The number of aliphatic hydroxyl groups is 1. The zero-order valence-corrected chi connectivity index (χ0v) is 11.3. The zero-order valence-electron chi connectivity index (χ0n) is 11.3. The van der Waals surface area contributed by atoms with Gasteiger partial charge in [-0.1, -0.05) is 39.3 Å². The first kappa shape index (κ1) is 13.1. The zero-order chi connectivity index (χ0) is 13.3. The van der Waals surface area contributed by atoms with Crippen molar-refractivity contribution in [3.63, 3.8) is 0 Å². The molecule has 0 fully saturated rings. The molecule has 0 bridgehead atoms. The fourth-order valence-electron chi connectivity index (χ4n) is 2.33. The molecule has 1 aliphatic rings. The highest BCUT2D eigenvalue weighted by atomic mass is 16.3. The lowest BCUT2D eigenvalue weighted by Gasteiger charge is -2.20. The maximum atomic E-state index is 12.2. The van der Waals surface area contributed by atoms with Crippen molar-refractivity contribution < 1.29 is 9.90 Å². The summed E-state index contributed by atoms with van der Waals surface area (Å²) in [5.74, 6) is 0.364. The number of unbranched alkanes of at least 4 members (excludes halogenated alkanes) is 1. The van der Waals surface area contributed by atoms with Gasteiger partial charge in [-0.25, -0.2) is 0 Å². The Morgan fingerprint density at radius 3 is 2.72 bits per heavy atom. The third kappa shape index (κ3) is 2.15. The molecule has 0 radical (unpaired) electrons. The van der Waals surface area contributed by atoms with E-state index in [0.717, 1.165) is 24.0 Å². The minimum atomic E-state index is -0.766. The predicted molar refractivity (Wildman–Crippen MR) is 71.4 cm³/mol. The van der Waals surface area contributed by atoms with Crippen LogP contribution < -0.4 is 0 Å². The number of amides is 1. The number of hydrogen-bond donors (Lipinski definition) is 1. The van der Waals surface area contributed by atoms with Crippen molar-refractivity contribution in [1.29, 1.82) is 0 Å². The molecule has 1 heterocycles. The van der Waals surface area contributed by atoms with Gasteiger partial charge in [0.05, 0.1) is 0 Å². The summed E-state index contributed by atoms with van der Waals surface area (Å²) >= 11 is 0. The van der Waals surface area contributed by atoms with Crippen LogP contribution in [0.25, 0.3) is 0 Å². The molecule has 98 valence electrons. The van der Waals surface area contributed by atoms with Crippen molar-refractivity contribution in [3.8, 4) is 0 Å². The van der Waals surface area contributed by atoms with Gasteiger partial charge in [0, 0.05) is 17.7 Å². The van der Waals surface area contributed by atoms with E-state index in [-0.39, 0.29) is 5.91 Å². The molecule has 0 aliphatic carbocycles. The van der Waals surface area contributed by atoms with Crippen LogP contribution >= 0.6 is 0 Å². The number of rotatable bonds is 4. The van der Waals surface area contributed by atoms with Gasteiger partial charge in [0.15, 0.2) is 6.23 Å². The van der Waals surface area contributed by atoms with E-state index in [1.807, 2.05) is 18.2 Å². The SMILES string of the molecule is CCCCN1C(=O)c2ccc(C(C)C)cc2C1O. The molecule has 0 spiro atoms. The number of carbonyl (C=O) groups is 1. The van der Waals surface area contributed by atoms with E-state index < -0.39 is 6.23 Å². The largest absolute Gasteiger partial charge is 0.369 e. The molecule has 18 heavy (non-hydrogen) atoms. The molecule has 0 saturated heterocycles. The second kappa shape index (κ2) is 5.11. The van der Waals surface area contributed by atoms with Crippen molar-refractivity contribution in [1.82, 2.24) is 4.90 Å². The summed E-state index contributed by atoms with van der Waals surface area (Å²) in [7, 11) is 0. The Hall–Kier alpha value is -1.35. The number of aliphatic hydroxyl groups excluding tert-OH is 1. The second-order valence-corrected chi connectivity index (χ2v) is 5.23. The number of hydrogen-bond acceptors (Lipinski definition) is 2. The van der Waals surface area contributed by atoms with Gasteiger partial charge in [0.25, 0.3) is 5.91 Å². The predicted octanol–water partition coefficient (Wildman–Crippen LogP) is 3.06. The molecule has 1 amide bonds. The van der Waals surface area contributed by atoms with Gasteiger partial charge in [-0.3, -0.25) is 4.79 Å². The lowest BCUT2D eigenvalue weighted by molar-refractivity contribution is 0.0171. The summed E-state index contributed by atoms with van der Waals surface area (Å²) in [5, 5.41) is 10.2. The average molecular weight is 247 g/mol. The van der Waals surface area contributed by atoms with Gasteiger partial charge >= 0.3 is 0 Å². The maximum Gasteiger partial charge on any atom is 0.256 e. The number of benzene rings is 1. The number of carbonyl (C=O) groups excluding carboxylic acids is 1. The highest BCUT2D eigenvalue weighted by molar-refractivity contribution is 5.99. The molecule has 1 aliphatic heterocycles. The van der Waals surface area contributed by atoms with Crippen LogP contribution in [0, 0.1) is 0 Å². The summed E-state index contributed by atoms with van der Waals surface area (Å²) < 4.78 is 0. The molecule has 1 atom stereocenters. The van der Waals surface area contributed by atoms with Crippen LogP contribution in [0.4, 0.5) is 0 Å². The first-order valence-corrected chi connectivity index (χ1v) is 6.69. The number of nitrogens with zero attached hydrogens (tertiary/aromatic N) is 1. The third-order valence-corrected chi connectivity index (χ3v) is 3.56. The topological polar surface area (TPSA) is 40.5 Å². The Kier molecular flexibility index (Phi) is 3.71. The molecule has 1 aromatic rings. The van der Waals surface area contributed by atoms with Crippen LogP contribution in [-0.4, -0.2) is 22.5 Å². The summed E-state index contributed by atoms with van der Waals surface area (Å²) in [4.78, 5) is 13.7. The van der Waals surface area contributed by atoms with Gasteiger partial charge in [0.2, 0.25) is 0 Å². The second-order valence-electron chi connectivity index (χ2n) is 5.23. The van der Waals surface area contributed by atoms with Crippen molar-refractivity contribution >= 4 is 5.91 Å². The van der Waals surface area contributed by atoms with Crippen LogP contribution in [0.1, 0.15) is 67.2 Å².